The number of nitrogens with one attached hydrogen (secondary N) is 3. The molecule has 43 heavy (non-hydrogen) atoms. The van der Waals surface area contributed by atoms with Gasteiger partial charge in [-0.25, -0.2) is 18.5 Å². The van der Waals surface area contributed by atoms with Crippen LogP contribution in [-0.2, 0) is 14.4 Å². The number of rotatable bonds is 12. The summed E-state index contributed by atoms with van der Waals surface area (Å²) in [6.07, 6.45) is -0.0967. The van der Waals surface area contributed by atoms with E-state index in [1.165, 1.54) is 25.3 Å². The Balaban J connectivity index is 1.09. The number of aromatic nitrogens is 2. The highest BCUT2D eigenvalue weighted by Gasteiger charge is 2.29. The Morgan fingerprint density at radius 3 is 2.51 bits per heavy atom. The van der Waals surface area contributed by atoms with Gasteiger partial charge in [0.1, 0.15) is 19.5 Å². The van der Waals surface area contributed by atoms with Crippen LogP contribution in [0.3, 0.4) is 0 Å². The van der Waals surface area contributed by atoms with Crippen molar-refractivity contribution in [2.45, 2.75) is 5.92 Å². The van der Waals surface area contributed by atoms with Crippen molar-refractivity contribution >= 4 is 57.9 Å². The van der Waals surface area contributed by atoms with Crippen molar-refractivity contribution in [1.82, 2.24) is 19.8 Å². The Kier molecular flexibility index (Phi) is 9.86. The Hall–Kier alpha value is -4.47. The number of anilines is 2. The zero-order valence-electron chi connectivity index (χ0n) is 22.6. The average molecular weight is 671 g/mol. The zero-order chi connectivity index (χ0) is 30.2. The van der Waals surface area contributed by atoms with E-state index in [1.54, 1.807) is 0 Å². The van der Waals surface area contributed by atoms with Gasteiger partial charge in [0.05, 0.1) is 10.2 Å². The van der Waals surface area contributed by atoms with E-state index in [0.717, 1.165) is 39.3 Å². The predicted molar refractivity (Wildman–Crippen MR) is 163 cm³/mol. The first-order chi connectivity index (χ1) is 21.0. The number of ether oxygens (including phenoxy) is 1. The fourth-order valence-electron chi connectivity index (χ4n) is 4.60. The van der Waals surface area contributed by atoms with Crippen LogP contribution in [0.25, 0.3) is 11.1 Å². The third-order valence-corrected chi connectivity index (χ3v) is 7.69. The lowest BCUT2D eigenvalue weighted by atomic mass is 9.98. The highest BCUT2D eigenvalue weighted by Crippen LogP contribution is 2.44. The SMILES string of the molecule is CO/N=C(/c1nonc1NCCNSNC(=O)OCC1c2ccccc2-c2ccccc21)N(C=O)c1ccc(F)c(Br)c1. The number of hydrogen-bond donors (Lipinski definition) is 3. The molecule has 0 radical (unpaired) electrons. The van der Waals surface area contributed by atoms with Crippen molar-refractivity contribution in [3.05, 3.63) is 93.8 Å². The number of halogens is 2. The van der Waals surface area contributed by atoms with Gasteiger partial charge in [-0.15, -0.1) is 0 Å². The summed E-state index contributed by atoms with van der Waals surface area (Å²) in [5.41, 5.74) is 4.96. The maximum atomic E-state index is 13.7. The van der Waals surface area contributed by atoms with Crippen LogP contribution in [0.5, 0.6) is 0 Å². The van der Waals surface area contributed by atoms with Gasteiger partial charge < -0.3 is 14.9 Å². The fourth-order valence-corrected chi connectivity index (χ4v) is 5.38. The summed E-state index contributed by atoms with van der Waals surface area (Å²) >= 11 is 4.08. The van der Waals surface area contributed by atoms with Crippen LogP contribution in [0.2, 0.25) is 0 Å². The van der Waals surface area contributed by atoms with Crippen LogP contribution < -0.4 is 19.7 Å². The van der Waals surface area contributed by atoms with Gasteiger partial charge in [-0.05, 0) is 66.7 Å². The molecular weight excluding hydrogens is 645 g/mol. The van der Waals surface area contributed by atoms with E-state index >= 15 is 0 Å². The minimum absolute atomic E-state index is 0.0307. The maximum absolute atomic E-state index is 13.7. The van der Waals surface area contributed by atoms with Crippen molar-refractivity contribution in [2.75, 3.05) is 37.0 Å². The van der Waals surface area contributed by atoms with Gasteiger partial charge >= 0.3 is 6.09 Å². The highest BCUT2D eigenvalue weighted by atomic mass is 79.9. The van der Waals surface area contributed by atoms with Crippen molar-refractivity contribution < 1.29 is 28.2 Å². The minimum atomic E-state index is -0.572. The lowest BCUT2D eigenvalue weighted by Crippen LogP contribution is -2.32. The van der Waals surface area contributed by atoms with Crippen LogP contribution in [-0.4, -0.2) is 55.5 Å². The number of fused-ring (bicyclic) bond motifs is 3. The van der Waals surface area contributed by atoms with Crippen LogP contribution in [0, 0.1) is 5.82 Å². The first kappa shape index (κ1) is 30.0. The van der Waals surface area contributed by atoms with E-state index in [-0.39, 0.29) is 34.3 Å². The number of hydrogen-bond acceptors (Lipinski definition) is 11. The normalized spacial score (nSPS) is 12.3. The van der Waals surface area contributed by atoms with E-state index in [2.05, 4.69) is 70.4 Å². The van der Waals surface area contributed by atoms with Gasteiger partial charge in [0.15, 0.2) is 5.69 Å². The number of benzene rings is 3. The first-order valence-corrected chi connectivity index (χ1v) is 14.5. The van der Waals surface area contributed by atoms with Crippen molar-refractivity contribution in [3.8, 4) is 11.1 Å². The molecule has 0 fully saturated rings. The van der Waals surface area contributed by atoms with E-state index in [9.17, 15) is 14.0 Å². The molecule has 3 aromatic carbocycles. The molecule has 1 heterocycles. The number of amidine groups is 1. The quantitative estimate of drug-likeness (QED) is 0.0468. The highest BCUT2D eigenvalue weighted by molar-refractivity contribution is 9.10. The average Bonchev–Trinajstić information content (AvgIpc) is 3.62. The van der Waals surface area contributed by atoms with E-state index in [0.29, 0.717) is 25.2 Å². The molecule has 0 unspecified atom stereocenters. The Morgan fingerprint density at radius 1 is 1.12 bits per heavy atom. The summed E-state index contributed by atoms with van der Waals surface area (Å²) in [4.78, 5) is 30.3. The van der Waals surface area contributed by atoms with Crippen molar-refractivity contribution in [1.29, 1.82) is 0 Å². The smallest absolute Gasteiger partial charge is 0.418 e. The summed E-state index contributed by atoms with van der Waals surface area (Å²) in [6.45, 7) is 0.908. The number of carbonyl (C=O) groups is 2. The molecule has 0 aliphatic heterocycles. The number of amides is 2. The lowest BCUT2D eigenvalue weighted by Gasteiger charge is -2.18. The number of carbonyl (C=O) groups excluding carboxylic acids is 2. The standard InChI is InChI=1S/C28H25BrFN7O5S/c1-40-35-27(37(16-38)17-10-11-24(30)23(29)14-17)25-26(34-42-33-25)31-12-13-32-43-36-28(39)41-15-22-20-8-4-2-6-18(20)19-7-3-5-9-21(19)22/h2-11,14,16,22,32H,12-13,15H2,1H3,(H,31,34)(H,36,39)/b35-27-. The topological polar surface area (TPSA) is 143 Å². The Labute approximate surface area is 258 Å². The van der Waals surface area contributed by atoms with Crippen LogP contribution in [0.15, 0.2) is 81.0 Å². The second-order valence-corrected chi connectivity index (χ2v) is 10.5. The molecule has 1 aliphatic rings. The van der Waals surface area contributed by atoms with Crippen LogP contribution in [0.4, 0.5) is 20.7 Å². The largest absolute Gasteiger partial charge is 0.448 e. The van der Waals surface area contributed by atoms with Gasteiger partial charge in [-0.2, -0.15) is 0 Å². The monoisotopic (exact) mass is 669 g/mol. The summed E-state index contributed by atoms with van der Waals surface area (Å²) in [7, 11) is 1.30. The molecule has 0 saturated heterocycles. The second kappa shape index (κ2) is 14.1. The molecule has 4 aromatic rings. The molecule has 0 spiro atoms. The third-order valence-electron chi connectivity index (χ3n) is 6.46. The van der Waals surface area contributed by atoms with E-state index in [4.69, 9.17) is 14.2 Å². The minimum Gasteiger partial charge on any atom is -0.448 e. The van der Waals surface area contributed by atoms with Crippen molar-refractivity contribution in [3.63, 3.8) is 0 Å². The summed E-state index contributed by atoms with van der Waals surface area (Å²) in [5, 5.41) is 14.6. The number of nitrogens with zero attached hydrogens (tertiary/aromatic N) is 4. The Morgan fingerprint density at radius 2 is 1.84 bits per heavy atom. The van der Waals surface area contributed by atoms with Gasteiger partial charge in [-0.1, -0.05) is 53.7 Å². The third kappa shape index (κ3) is 6.79. The molecule has 1 aliphatic carbocycles. The molecule has 2 amide bonds. The predicted octanol–water partition coefficient (Wildman–Crippen LogP) is 5.05. The molecule has 5 rings (SSSR count). The number of oxime groups is 1. The molecule has 1 aromatic heterocycles. The summed E-state index contributed by atoms with van der Waals surface area (Å²) < 4.78 is 29.8. The zero-order valence-corrected chi connectivity index (χ0v) is 25.0. The molecular formula is C28H25BrFN7O5S. The summed E-state index contributed by atoms with van der Waals surface area (Å²) in [6, 6.07) is 20.2. The van der Waals surface area contributed by atoms with Crippen molar-refractivity contribution in [2.24, 2.45) is 5.16 Å². The first-order valence-electron chi connectivity index (χ1n) is 12.9. The van der Waals surface area contributed by atoms with Crippen LogP contribution >= 0.6 is 28.1 Å². The van der Waals surface area contributed by atoms with Crippen LogP contribution in [0.1, 0.15) is 22.7 Å². The molecule has 3 N–H and O–H groups in total. The molecule has 0 bridgehead atoms. The van der Waals surface area contributed by atoms with Gasteiger partial charge in [0.2, 0.25) is 18.1 Å². The molecule has 12 nitrogen and oxygen atoms in total. The van der Waals surface area contributed by atoms with Gasteiger partial charge in [0, 0.05) is 31.1 Å². The van der Waals surface area contributed by atoms with Gasteiger partial charge in [-0.3, -0.25) is 14.4 Å². The molecule has 0 atom stereocenters. The molecule has 0 saturated carbocycles. The van der Waals surface area contributed by atoms with E-state index < -0.39 is 11.9 Å². The second-order valence-electron chi connectivity index (χ2n) is 8.98. The lowest BCUT2D eigenvalue weighted by molar-refractivity contribution is -0.106. The fraction of sp³-hybridized carbons (Fsp3) is 0.179. The van der Waals surface area contributed by atoms with E-state index in [1.807, 2.05) is 24.3 Å². The molecule has 222 valence electrons. The van der Waals surface area contributed by atoms with Gasteiger partial charge in [0.25, 0.3) is 0 Å². The Bertz CT molecular complexity index is 1590. The molecule has 15 heteroatoms. The maximum Gasteiger partial charge on any atom is 0.418 e. The summed E-state index contributed by atoms with van der Waals surface area (Å²) in [5.74, 6) is -0.389.